The van der Waals surface area contributed by atoms with Gasteiger partial charge in [-0.1, -0.05) is 6.07 Å². The first kappa shape index (κ1) is 21.9. The van der Waals surface area contributed by atoms with Crippen LogP contribution in [-0.4, -0.2) is 30.5 Å². The van der Waals surface area contributed by atoms with Crippen LogP contribution in [0.15, 0.2) is 51.8 Å². The van der Waals surface area contributed by atoms with Gasteiger partial charge in [0.1, 0.15) is 17.2 Å². The number of anilines is 1. The minimum Gasteiger partial charge on any atom is -0.386 e. The molecule has 4 aromatic rings. The Morgan fingerprint density at radius 1 is 1.09 bits per heavy atom. The second-order valence-electron chi connectivity index (χ2n) is 6.58. The molecule has 0 atom stereocenters. The lowest BCUT2D eigenvalue weighted by atomic mass is 10.2. The number of nitrogens with one attached hydrogen (secondary N) is 1. The van der Waals surface area contributed by atoms with Crippen LogP contribution in [0.3, 0.4) is 0 Å². The molecular formula is C19H11F5N6O3. The van der Waals surface area contributed by atoms with Gasteiger partial charge in [0.2, 0.25) is 0 Å². The highest BCUT2D eigenvalue weighted by atomic mass is 19.4. The number of amides is 1. The van der Waals surface area contributed by atoms with Gasteiger partial charge in [0.15, 0.2) is 17.2 Å². The Morgan fingerprint density at radius 3 is 2.33 bits per heavy atom. The number of hydrogen-bond donors (Lipinski definition) is 1. The molecule has 0 aliphatic rings. The van der Waals surface area contributed by atoms with Crippen LogP contribution in [0.25, 0.3) is 17.4 Å². The molecule has 0 radical (unpaired) electrons. The number of halogens is 5. The number of carbonyl (C=O) groups is 1. The van der Waals surface area contributed by atoms with E-state index in [2.05, 4.69) is 20.5 Å². The first-order valence-corrected chi connectivity index (χ1v) is 8.98. The molecule has 3 heterocycles. The van der Waals surface area contributed by atoms with E-state index in [4.69, 9.17) is 4.42 Å². The predicted octanol–water partition coefficient (Wildman–Crippen LogP) is 3.17. The Hall–Kier alpha value is -4.36. The van der Waals surface area contributed by atoms with E-state index in [0.29, 0.717) is 10.7 Å². The lowest BCUT2D eigenvalue weighted by Gasteiger charge is -2.10. The van der Waals surface area contributed by atoms with Crippen LogP contribution in [-0.2, 0) is 13.2 Å². The number of alkyl halides is 3. The van der Waals surface area contributed by atoms with Gasteiger partial charge in [-0.05, 0) is 24.3 Å². The van der Waals surface area contributed by atoms with E-state index < -0.39 is 46.6 Å². The minimum absolute atomic E-state index is 0.0388. The van der Waals surface area contributed by atoms with Crippen molar-refractivity contribution in [3.63, 3.8) is 0 Å². The van der Waals surface area contributed by atoms with Gasteiger partial charge < -0.3 is 9.73 Å². The van der Waals surface area contributed by atoms with Crippen molar-refractivity contribution < 1.29 is 31.2 Å². The van der Waals surface area contributed by atoms with Gasteiger partial charge in [-0.15, -0.1) is 5.10 Å². The van der Waals surface area contributed by atoms with Gasteiger partial charge in [-0.2, -0.15) is 23.0 Å². The SMILES string of the molecule is Cn1nc(-c2cc(C(F)(F)F)n(-c3ccc(NC(=O)c4c(F)cccc4F)cn3)n2)oc1=O. The molecule has 0 aliphatic carbocycles. The van der Waals surface area contributed by atoms with Crippen LogP contribution in [0, 0.1) is 11.6 Å². The van der Waals surface area contributed by atoms with Gasteiger partial charge in [0.25, 0.3) is 11.8 Å². The monoisotopic (exact) mass is 466 g/mol. The molecule has 1 N–H and O–H groups in total. The molecule has 170 valence electrons. The number of rotatable bonds is 4. The lowest BCUT2D eigenvalue weighted by Crippen LogP contribution is -2.17. The van der Waals surface area contributed by atoms with Crippen LogP contribution in [0.4, 0.5) is 27.6 Å². The summed E-state index contributed by atoms with van der Waals surface area (Å²) in [4.78, 5) is 27.4. The van der Waals surface area contributed by atoms with Gasteiger partial charge in [0, 0.05) is 13.1 Å². The van der Waals surface area contributed by atoms with Crippen LogP contribution in [0.5, 0.6) is 0 Å². The van der Waals surface area contributed by atoms with Crippen molar-refractivity contribution in [3.05, 3.63) is 76.0 Å². The van der Waals surface area contributed by atoms with E-state index in [1.165, 1.54) is 13.1 Å². The third kappa shape index (κ3) is 4.22. The molecule has 0 saturated heterocycles. The second kappa shape index (κ2) is 7.96. The molecule has 0 saturated carbocycles. The molecule has 0 spiro atoms. The number of pyridine rings is 1. The van der Waals surface area contributed by atoms with Crippen molar-refractivity contribution in [2.75, 3.05) is 5.32 Å². The van der Waals surface area contributed by atoms with Crippen molar-refractivity contribution in [2.45, 2.75) is 6.18 Å². The van der Waals surface area contributed by atoms with Gasteiger partial charge in [-0.25, -0.2) is 23.2 Å². The van der Waals surface area contributed by atoms with Gasteiger partial charge >= 0.3 is 11.9 Å². The van der Waals surface area contributed by atoms with Gasteiger partial charge in [-0.3, -0.25) is 4.79 Å². The zero-order valence-electron chi connectivity index (χ0n) is 16.4. The van der Waals surface area contributed by atoms with Crippen LogP contribution in [0.1, 0.15) is 16.1 Å². The maximum Gasteiger partial charge on any atom is 0.437 e. The topological polar surface area (TPSA) is 108 Å². The van der Waals surface area contributed by atoms with Crippen molar-refractivity contribution >= 4 is 11.6 Å². The summed E-state index contributed by atoms with van der Waals surface area (Å²) in [6.07, 6.45) is -3.87. The number of aryl methyl sites for hydroxylation is 1. The van der Waals surface area contributed by atoms with Crippen molar-refractivity contribution in [1.82, 2.24) is 24.5 Å². The van der Waals surface area contributed by atoms with E-state index in [-0.39, 0.29) is 17.2 Å². The largest absolute Gasteiger partial charge is 0.437 e. The highest BCUT2D eigenvalue weighted by Crippen LogP contribution is 2.33. The lowest BCUT2D eigenvalue weighted by molar-refractivity contribution is -0.142. The van der Waals surface area contributed by atoms with Crippen molar-refractivity contribution in [1.29, 1.82) is 0 Å². The van der Waals surface area contributed by atoms with E-state index >= 15 is 0 Å². The second-order valence-corrected chi connectivity index (χ2v) is 6.58. The maximum absolute atomic E-state index is 13.7. The number of nitrogens with zero attached hydrogens (tertiary/aromatic N) is 5. The van der Waals surface area contributed by atoms with E-state index in [1.54, 1.807) is 0 Å². The molecule has 0 fully saturated rings. The summed E-state index contributed by atoms with van der Waals surface area (Å²) < 4.78 is 74.1. The molecule has 14 heteroatoms. The normalized spacial score (nSPS) is 11.6. The molecular weight excluding hydrogens is 455 g/mol. The third-order valence-corrected chi connectivity index (χ3v) is 4.32. The fraction of sp³-hybridized carbons (Fsp3) is 0.105. The molecule has 0 aliphatic heterocycles. The average molecular weight is 466 g/mol. The average Bonchev–Trinajstić information content (AvgIpc) is 3.32. The van der Waals surface area contributed by atoms with E-state index in [0.717, 1.165) is 35.1 Å². The molecule has 0 bridgehead atoms. The quantitative estimate of drug-likeness (QED) is 0.463. The molecule has 33 heavy (non-hydrogen) atoms. The molecule has 3 aromatic heterocycles. The van der Waals surface area contributed by atoms with E-state index in [1.807, 2.05) is 0 Å². The van der Waals surface area contributed by atoms with E-state index in [9.17, 15) is 31.5 Å². The summed E-state index contributed by atoms with van der Waals surface area (Å²) in [7, 11) is 1.25. The smallest absolute Gasteiger partial charge is 0.386 e. The number of hydrogen-bond acceptors (Lipinski definition) is 6. The summed E-state index contributed by atoms with van der Waals surface area (Å²) in [5, 5.41) is 9.65. The Labute approximate surface area is 180 Å². The fourth-order valence-corrected chi connectivity index (χ4v) is 2.81. The summed E-state index contributed by atoms with van der Waals surface area (Å²) in [5.41, 5.74) is -2.46. The molecule has 0 unspecified atom stereocenters. The van der Waals surface area contributed by atoms with Crippen LogP contribution in [0.2, 0.25) is 0 Å². The van der Waals surface area contributed by atoms with Crippen LogP contribution < -0.4 is 11.1 Å². The van der Waals surface area contributed by atoms with Crippen molar-refractivity contribution in [2.24, 2.45) is 7.05 Å². The van der Waals surface area contributed by atoms with Crippen LogP contribution >= 0.6 is 0 Å². The summed E-state index contributed by atoms with van der Waals surface area (Å²) in [5.74, 6) is -4.90. The summed E-state index contributed by atoms with van der Waals surface area (Å²) in [6, 6.07) is 5.78. The highest BCUT2D eigenvalue weighted by molar-refractivity contribution is 6.04. The molecule has 1 amide bonds. The zero-order chi connectivity index (χ0) is 23.9. The fourth-order valence-electron chi connectivity index (χ4n) is 2.81. The van der Waals surface area contributed by atoms with Gasteiger partial charge in [0.05, 0.1) is 11.9 Å². The molecule has 4 rings (SSSR count). The number of benzene rings is 1. The Kier molecular flexibility index (Phi) is 5.27. The summed E-state index contributed by atoms with van der Waals surface area (Å²) >= 11 is 0. The summed E-state index contributed by atoms with van der Waals surface area (Å²) in [6.45, 7) is 0. The Balaban J connectivity index is 1.66. The van der Waals surface area contributed by atoms with Crippen molar-refractivity contribution in [3.8, 4) is 17.4 Å². The maximum atomic E-state index is 13.7. The highest BCUT2D eigenvalue weighted by Gasteiger charge is 2.37. The number of carbonyl (C=O) groups excluding carboxylic acids is 1. The first-order valence-electron chi connectivity index (χ1n) is 8.98. The standard InChI is InChI=1S/C19H11F5N6O3/c1-29-18(32)33-17(28-29)12-7-13(19(22,23)24)30(27-12)14-6-5-9(8-25-14)26-16(31)15-10(20)3-2-4-11(15)21/h2-8H,1H3,(H,26,31). The predicted molar refractivity (Wildman–Crippen MR) is 101 cm³/mol. The third-order valence-electron chi connectivity index (χ3n) is 4.32. The Bertz CT molecular complexity index is 1380. The minimum atomic E-state index is -4.85. The zero-order valence-corrected chi connectivity index (χ0v) is 16.4. The first-order chi connectivity index (χ1) is 15.5. The number of aromatic nitrogens is 5. The molecule has 9 nitrogen and oxygen atoms in total. The Morgan fingerprint density at radius 2 is 1.79 bits per heavy atom. The molecule has 1 aromatic carbocycles.